The molecule has 8 nitrogen and oxygen atoms in total. The maximum atomic E-state index is 12.6. The zero-order valence-electron chi connectivity index (χ0n) is 15.1. The van der Waals surface area contributed by atoms with Crippen molar-refractivity contribution in [2.75, 3.05) is 19.8 Å². The Labute approximate surface area is 161 Å². The normalized spacial score (nSPS) is 18.8. The SMILES string of the molecule is O=C(NC(C(=O)O)c1ccc2c(c1)CCO2)c1ccnc(OC2CCOC2)c1. The standard InChI is InChI=1S/C20H20N2O6/c23-19(14-3-6-21-17(10-14)28-15-5-7-26-11-15)22-18(20(24)25)13-1-2-16-12(9-13)4-8-27-16/h1-3,6,9-10,15,18H,4-5,7-8,11H2,(H,22,23)(H,24,25). The highest BCUT2D eigenvalue weighted by molar-refractivity contribution is 5.97. The fourth-order valence-electron chi connectivity index (χ4n) is 3.28. The van der Waals surface area contributed by atoms with Gasteiger partial charge in [0.2, 0.25) is 5.88 Å². The maximum Gasteiger partial charge on any atom is 0.330 e. The van der Waals surface area contributed by atoms with E-state index >= 15 is 0 Å². The van der Waals surface area contributed by atoms with Crippen molar-refractivity contribution in [1.29, 1.82) is 0 Å². The van der Waals surface area contributed by atoms with E-state index in [2.05, 4.69) is 10.3 Å². The van der Waals surface area contributed by atoms with E-state index in [0.29, 0.717) is 31.3 Å². The van der Waals surface area contributed by atoms with E-state index in [9.17, 15) is 14.7 Å². The van der Waals surface area contributed by atoms with E-state index in [4.69, 9.17) is 14.2 Å². The van der Waals surface area contributed by atoms with Crippen LogP contribution in [0.25, 0.3) is 0 Å². The number of aromatic nitrogens is 1. The second kappa shape index (κ2) is 7.85. The van der Waals surface area contributed by atoms with Gasteiger partial charge in [0, 0.05) is 30.7 Å². The van der Waals surface area contributed by atoms with E-state index in [1.165, 1.54) is 18.3 Å². The van der Waals surface area contributed by atoms with E-state index < -0.39 is 17.9 Å². The second-order valence-corrected chi connectivity index (χ2v) is 6.70. The molecule has 1 saturated heterocycles. The minimum absolute atomic E-state index is 0.0915. The minimum Gasteiger partial charge on any atom is -0.493 e. The van der Waals surface area contributed by atoms with Crippen LogP contribution in [0, 0.1) is 0 Å². The van der Waals surface area contributed by atoms with Crippen LogP contribution >= 0.6 is 0 Å². The Morgan fingerprint density at radius 2 is 2.14 bits per heavy atom. The number of pyridine rings is 1. The molecule has 1 aromatic carbocycles. The third-order valence-electron chi connectivity index (χ3n) is 4.74. The van der Waals surface area contributed by atoms with Gasteiger partial charge < -0.3 is 24.6 Å². The van der Waals surface area contributed by atoms with E-state index in [0.717, 1.165) is 24.2 Å². The molecule has 1 fully saturated rings. The molecular weight excluding hydrogens is 364 g/mol. The summed E-state index contributed by atoms with van der Waals surface area (Å²) in [6.45, 7) is 1.70. The number of carbonyl (C=O) groups excluding carboxylic acids is 1. The summed E-state index contributed by atoms with van der Waals surface area (Å²) in [6, 6.07) is 7.01. The predicted octanol–water partition coefficient (Wildman–Crippen LogP) is 1.74. The lowest BCUT2D eigenvalue weighted by molar-refractivity contribution is -0.139. The van der Waals surface area contributed by atoms with Gasteiger partial charge in [-0.05, 0) is 29.3 Å². The number of fused-ring (bicyclic) bond motifs is 1. The minimum atomic E-state index is -1.17. The van der Waals surface area contributed by atoms with E-state index in [-0.39, 0.29) is 11.7 Å². The molecule has 28 heavy (non-hydrogen) atoms. The number of carboxylic acids is 1. The molecule has 0 bridgehead atoms. The average Bonchev–Trinajstić information content (AvgIpc) is 3.37. The fourth-order valence-corrected chi connectivity index (χ4v) is 3.28. The molecule has 2 atom stereocenters. The number of hydrogen-bond acceptors (Lipinski definition) is 6. The first-order valence-corrected chi connectivity index (χ1v) is 9.10. The molecule has 3 heterocycles. The molecule has 0 radical (unpaired) electrons. The zero-order valence-corrected chi connectivity index (χ0v) is 15.1. The van der Waals surface area contributed by atoms with E-state index in [1.807, 2.05) is 0 Å². The number of nitrogens with zero attached hydrogens (tertiary/aromatic N) is 1. The highest BCUT2D eigenvalue weighted by atomic mass is 16.5. The van der Waals surface area contributed by atoms with Gasteiger partial charge in [-0.25, -0.2) is 9.78 Å². The first-order valence-electron chi connectivity index (χ1n) is 9.10. The van der Waals surface area contributed by atoms with Crippen LogP contribution in [-0.4, -0.2) is 47.9 Å². The van der Waals surface area contributed by atoms with Crippen molar-refractivity contribution in [2.45, 2.75) is 25.0 Å². The summed E-state index contributed by atoms with van der Waals surface area (Å²) in [4.78, 5) is 28.5. The van der Waals surface area contributed by atoms with Crippen LogP contribution in [0.5, 0.6) is 11.6 Å². The molecule has 2 unspecified atom stereocenters. The number of rotatable bonds is 6. The summed E-state index contributed by atoms with van der Waals surface area (Å²) in [5.74, 6) is -0.587. The summed E-state index contributed by atoms with van der Waals surface area (Å²) >= 11 is 0. The quantitative estimate of drug-likeness (QED) is 0.781. The third-order valence-corrected chi connectivity index (χ3v) is 4.74. The fraction of sp³-hybridized carbons (Fsp3) is 0.350. The molecule has 1 aromatic heterocycles. The van der Waals surface area contributed by atoms with Crippen molar-refractivity contribution in [2.24, 2.45) is 0 Å². The van der Waals surface area contributed by atoms with Gasteiger partial charge in [0.15, 0.2) is 6.04 Å². The molecule has 0 spiro atoms. The Balaban J connectivity index is 1.49. The first kappa shape index (κ1) is 18.2. The molecular formula is C20H20N2O6. The molecule has 4 rings (SSSR count). The van der Waals surface area contributed by atoms with Crippen LogP contribution in [0.3, 0.4) is 0 Å². The summed E-state index contributed by atoms with van der Waals surface area (Å²) in [7, 11) is 0. The van der Waals surface area contributed by atoms with Gasteiger partial charge in [-0.15, -0.1) is 0 Å². The van der Waals surface area contributed by atoms with Gasteiger partial charge in [0.1, 0.15) is 11.9 Å². The van der Waals surface area contributed by atoms with Crippen LogP contribution < -0.4 is 14.8 Å². The number of aliphatic carboxylic acids is 1. The zero-order chi connectivity index (χ0) is 19.5. The maximum absolute atomic E-state index is 12.6. The third kappa shape index (κ3) is 3.91. The second-order valence-electron chi connectivity index (χ2n) is 6.70. The average molecular weight is 384 g/mol. The highest BCUT2D eigenvalue weighted by Crippen LogP contribution is 2.28. The molecule has 2 aromatic rings. The Bertz CT molecular complexity index is 894. The van der Waals surface area contributed by atoms with Crippen molar-refractivity contribution >= 4 is 11.9 Å². The Hall–Kier alpha value is -3.13. The van der Waals surface area contributed by atoms with E-state index in [1.54, 1.807) is 18.2 Å². The predicted molar refractivity (Wildman–Crippen MR) is 97.6 cm³/mol. The molecule has 0 saturated carbocycles. The topological polar surface area (TPSA) is 107 Å². The lowest BCUT2D eigenvalue weighted by atomic mass is 10.0. The molecule has 146 valence electrons. The van der Waals surface area contributed by atoms with Crippen molar-refractivity contribution in [3.05, 3.63) is 53.2 Å². The Kier molecular flexibility index (Phi) is 5.12. The summed E-state index contributed by atoms with van der Waals surface area (Å²) < 4.78 is 16.4. The number of hydrogen-bond donors (Lipinski definition) is 2. The smallest absolute Gasteiger partial charge is 0.330 e. The number of amides is 1. The van der Waals surface area contributed by atoms with Gasteiger partial charge in [0.05, 0.1) is 19.8 Å². The number of carboxylic acid groups (broad SMARTS) is 1. The lowest BCUT2D eigenvalue weighted by Gasteiger charge is -2.16. The number of nitrogens with one attached hydrogen (secondary N) is 1. The summed E-state index contributed by atoms with van der Waals surface area (Å²) in [5.41, 5.74) is 1.72. The van der Waals surface area contributed by atoms with Crippen molar-refractivity contribution in [3.8, 4) is 11.6 Å². The van der Waals surface area contributed by atoms with Crippen LogP contribution in [0.4, 0.5) is 0 Å². The Morgan fingerprint density at radius 3 is 2.93 bits per heavy atom. The number of ether oxygens (including phenoxy) is 3. The molecule has 1 amide bonds. The first-order chi connectivity index (χ1) is 13.6. The number of benzene rings is 1. The Morgan fingerprint density at radius 1 is 1.25 bits per heavy atom. The van der Waals surface area contributed by atoms with Gasteiger partial charge in [-0.1, -0.05) is 6.07 Å². The summed E-state index contributed by atoms with van der Waals surface area (Å²) in [5, 5.41) is 12.2. The van der Waals surface area contributed by atoms with Gasteiger partial charge in [-0.2, -0.15) is 0 Å². The van der Waals surface area contributed by atoms with Crippen LogP contribution in [0.2, 0.25) is 0 Å². The molecule has 8 heteroatoms. The lowest BCUT2D eigenvalue weighted by Crippen LogP contribution is -2.33. The molecule has 0 aliphatic carbocycles. The number of carbonyl (C=O) groups is 2. The van der Waals surface area contributed by atoms with Crippen molar-refractivity contribution in [1.82, 2.24) is 10.3 Å². The highest BCUT2D eigenvalue weighted by Gasteiger charge is 2.25. The van der Waals surface area contributed by atoms with Crippen molar-refractivity contribution in [3.63, 3.8) is 0 Å². The van der Waals surface area contributed by atoms with Crippen molar-refractivity contribution < 1.29 is 28.9 Å². The summed E-state index contributed by atoms with van der Waals surface area (Å²) in [6.07, 6.45) is 2.86. The molecule has 2 aliphatic heterocycles. The van der Waals surface area contributed by atoms with Crippen LogP contribution in [0.1, 0.15) is 33.9 Å². The van der Waals surface area contributed by atoms with Gasteiger partial charge >= 0.3 is 5.97 Å². The van der Waals surface area contributed by atoms with Gasteiger partial charge in [0.25, 0.3) is 5.91 Å². The van der Waals surface area contributed by atoms with Crippen LogP contribution in [-0.2, 0) is 16.0 Å². The largest absolute Gasteiger partial charge is 0.493 e. The molecule has 2 aliphatic rings. The van der Waals surface area contributed by atoms with Gasteiger partial charge in [-0.3, -0.25) is 4.79 Å². The molecule has 2 N–H and O–H groups in total. The van der Waals surface area contributed by atoms with Crippen LogP contribution in [0.15, 0.2) is 36.5 Å². The monoisotopic (exact) mass is 384 g/mol.